The number of rotatable bonds is 3. The van der Waals surface area contributed by atoms with Crippen LogP contribution in [0.5, 0.6) is 0 Å². The first-order chi connectivity index (χ1) is 9.04. The maximum atomic E-state index is 12.4. The molecule has 2 rings (SSSR count). The number of aryl methyl sites for hydroxylation is 1. The van der Waals surface area contributed by atoms with Crippen LogP contribution >= 0.6 is 11.3 Å². The van der Waals surface area contributed by atoms with E-state index >= 15 is 0 Å². The normalized spacial score (nSPS) is 27.3. The molecule has 0 aromatic carbocycles. The second-order valence-corrected chi connectivity index (χ2v) is 6.08. The Balaban J connectivity index is 2.10. The average molecular weight is 283 g/mol. The van der Waals surface area contributed by atoms with E-state index in [4.69, 9.17) is 4.74 Å². The zero-order chi connectivity index (χ0) is 14.0. The Labute approximate surface area is 118 Å². The first-order valence-electron chi connectivity index (χ1n) is 6.57. The molecule has 5 heteroatoms. The SMILES string of the molecule is CO[C@@H]1CCC[C@@H](N(C)C(=O)c2cc(C)cs2)[C@H]1O. The molecular formula is C14H21NO3S. The number of nitrogens with zero attached hydrogens (tertiary/aromatic N) is 1. The number of hydrogen-bond acceptors (Lipinski definition) is 4. The predicted octanol–water partition coefficient (Wildman–Crippen LogP) is 2.06. The Hall–Kier alpha value is -0.910. The van der Waals surface area contributed by atoms with E-state index in [1.54, 1.807) is 19.1 Å². The third kappa shape index (κ3) is 2.99. The van der Waals surface area contributed by atoms with Crippen molar-refractivity contribution >= 4 is 17.2 Å². The Morgan fingerprint density at radius 3 is 2.84 bits per heavy atom. The molecule has 1 amide bonds. The molecule has 1 heterocycles. The topological polar surface area (TPSA) is 49.8 Å². The van der Waals surface area contributed by atoms with Gasteiger partial charge in [0, 0.05) is 14.2 Å². The minimum Gasteiger partial charge on any atom is -0.388 e. The molecule has 0 bridgehead atoms. The van der Waals surface area contributed by atoms with Gasteiger partial charge in [-0.2, -0.15) is 0 Å². The summed E-state index contributed by atoms with van der Waals surface area (Å²) in [7, 11) is 3.38. The first kappa shape index (κ1) is 14.5. The van der Waals surface area contributed by atoms with Gasteiger partial charge in [-0.15, -0.1) is 11.3 Å². The largest absolute Gasteiger partial charge is 0.388 e. The molecule has 4 nitrogen and oxygen atoms in total. The maximum Gasteiger partial charge on any atom is 0.264 e. The average Bonchev–Trinajstić information content (AvgIpc) is 2.84. The number of ether oxygens (including phenoxy) is 1. The fourth-order valence-corrected chi connectivity index (χ4v) is 3.54. The second-order valence-electron chi connectivity index (χ2n) is 5.17. The molecule has 106 valence electrons. The lowest BCUT2D eigenvalue weighted by molar-refractivity contribution is -0.0714. The molecule has 1 aromatic heterocycles. The Morgan fingerprint density at radius 1 is 1.53 bits per heavy atom. The van der Waals surface area contributed by atoms with Gasteiger partial charge in [0.15, 0.2) is 0 Å². The fourth-order valence-electron chi connectivity index (χ4n) is 2.67. The van der Waals surface area contributed by atoms with Crippen LogP contribution in [0.3, 0.4) is 0 Å². The summed E-state index contributed by atoms with van der Waals surface area (Å²) in [5.41, 5.74) is 1.10. The van der Waals surface area contributed by atoms with Crippen molar-refractivity contribution in [1.29, 1.82) is 0 Å². The van der Waals surface area contributed by atoms with Gasteiger partial charge in [-0.1, -0.05) is 0 Å². The third-order valence-electron chi connectivity index (χ3n) is 3.83. The molecule has 0 aliphatic heterocycles. The van der Waals surface area contributed by atoms with E-state index < -0.39 is 6.10 Å². The lowest BCUT2D eigenvalue weighted by Crippen LogP contribution is -2.52. The number of hydrogen-bond donors (Lipinski definition) is 1. The van der Waals surface area contributed by atoms with Gasteiger partial charge in [0.25, 0.3) is 5.91 Å². The van der Waals surface area contributed by atoms with Crippen LogP contribution in [0.1, 0.15) is 34.5 Å². The van der Waals surface area contributed by atoms with Crippen LogP contribution in [-0.2, 0) is 4.74 Å². The highest BCUT2D eigenvalue weighted by Crippen LogP contribution is 2.26. The van der Waals surface area contributed by atoms with Gasteiger partial charge in [-0.25, -0.2) is 0 Å². The standard InChI is InChI=1S/C14H21NO3S/c1-9-7-12(19-8-9)14(17)15(2)10-5-4-6-11(18-3)13(10)16/h7-8,10-11,13,16H,4-6H2,1-3H3/t10-,11-,13-/m1/s1. The van der Waals surface area contributed by atoms with E-state index in [1.807, 2.05) is 18.4 Å². The summed E-state index contributed by atoms with van der Waals surface area (Å²) in [6.45, 7) is 1.98. The molecule has 0 unspecified atom stereocenters. The summed E-state index contributed by atoms with van der Waals surface area (Å²) < 4.78 is 5.29. The van der Waals surface area contributed by atoms with Crippen LogP contribution in [0.25, 0.3) is 0 Å². The molecule has 1 aliphatic rings. The highest BCUT2D eigenvalue weighted by Gasteiger charge is 2.36. The summed E-state index contributed by atoms with van der Waals surface area (Å²) in [4.78, 5) is 14.8. The molecule has 19 heavy (non-hydrogen) atoms. The number of carbonyl (C=O) groups is 1. The van der Waals surface area contributed by atoms with E-state index in [1.165, 1.54) is 11.3 Å². The summed E-state index contributed by atoms with van der Waals surface area (Å²) in [6.07, 6.45) is 1.89. The van der Waals surface area contributed by atoms with E-state index in [2.05, 4.69) is 0 Å². The molecule has 1 saturated carbocycles. The second kappa shape index (κ2) is 6.03. The van der Waals surface area contributed by atoms with Crippen molar-refractivity contribution < 1.29 is 14.6 Å². The molecule has 1 fully saturated rings. The lowest BCUT2D eigenvalue weighted by atomic mass is 9.89. The number of amides is 1. The van der Waals surface area contributed by atoms with Crippen molar-refractivity contribution in [2.75, 3.05) is 14.2 Å². The fraction of sp³-hybridized carbons (Fsp3) is 0.643. The number of aliphatic hydroxyl groups excluding tert-OH is 1. The quantitative estimate of drug-likeness (QED) is 0.923. The minimum absolute atomic E-state index is 0.0149. The van der Waals surface area contributed by atoms with Crippen molar-refractivity contribution in [2.24, 2.45) is 0 Å². The van der Waals surface area contributed by atoms with Crippen LogP contribution in [0.4, 0.5) is 0 Å². The van der Waals surface area contributed by atoms with Crippen molar-refractivity contribution in [2.45, 2.75) is 44.4 Å². The van der Waals surface area contributed by atoms with Gasteiger partial charge in [-0.05, 0) is 43.2 Å². The van der Waals surface area contributed by atoms with Crippen LogP contribution in [0, 0.1) is 6.92 Å². The van der Waals surface area contributed by atoms with E-state index in [0.717, 1.165) is 29.7 Å². The van der Waals surface area contributed by atoms with Crippen molar-refractivity contribution in [3.63, 3.8) is 0 Å². The highest BCUT2D eigenvalue weighted by atomic mass is 32.1. The van der Waals surface area contributed by atoms with Crippen LogP contribution < -0.4 is 0 Å². The molecule has 1 N–H and O–H groups in total. The summed E-state index contributed by atoms with van der Waals surface area (Å²) in [5, 5.41) is 12.3. The molecule has 0 radical (unpaired) electrons. The Kier molecular flexibility index (Phi) is 4.60. The van der Waals surface area contributed by atoms with Gasteiger partial charge in [0.2, 0.25) is 0 Å². The number of aliphatic hydroxyl groups is 1. The van der Waals surface area contributed by atoms with Gasteiger partial charge < -0.3 is 14.7 Å². The molecule has 0 saturated heterocycles. The summed E-state index contributed by atoms with van der Waals surface area (Å²) in [6, 6.07) is 1.74. The molecule has 1 aromatic rings. The van der Waals surface area contributed by atoms with Crippen molar-refractivity contribution in [3.05, 3.63) is 21.9 Å². The maximum absolute atomic E-state index is 12.4. The molecular weight excluding hydrogens is 262 g/mol. The van der Waals surface area contributed by atoms with Crippen LogP contribution in [0.15, 0.2) is 11.4 Å². The highest BCUT2D eigenvalue weighted by molar-refractivity contribution is 7.12. The minimum atomic E-state index is -0.603. The van der Waals surface area contributed by atoms with Crippen LogP contribution in [-0.4, -0.2) is 48.3 Å². The van der Waals surface area contributed by atoms with Gasteiger partial charge >= 0.3 is 0 Å². The summed E-state index contributed by atoms with van der Waals surface area (Å²) in [5.74, 6) is -0.0149. The number of likely N-dealkylation sites (N-methyl/N-ethyl adjacent to an activating group) is 1. The number of carbonyl (C=O) groups excluding carboxylic acids is 1. The first-order valence-corrected chi connectivity index (χ1v) is 7.45. The van der Waals surface area contributed by atoms with Crippen molar-refractivity contribution in [1.82, 2.24) is 4.90 Å². The van der Waals surface area contributed by atoms with E-state index in [0.29, 0.717) is 0 Å². The lowest BCUT2D eigenvalue weighted by Gasteiger charge is -2.39. The third-order valence-corrected chi connectivity index (χ3v) is 4.86. The summed E-state index contributed by atoms with van der Waals surface area (Å²) >= 11 is 1.45. The molecule has 0 spiro atoms. The molecule has 3 atom stereocenters. The van der Waals surface area contributed by atoms with Gasteiger partial charge in [0.1, 0.15) is 6.10 Å². The zero-order valence-corrected chi connectivity index (χ0v) is 12.4. The van der Waals surface area contributed by atoms with Gasteiger partial charge in [-0.3, -0.25) is 4.79 Å². The predicted molar refractivity (Wildman–Crippen MR) is 75.6 cm³/mol. The Bertz CT molecular complexity index is 446. The monoisotopic (exact) mass is 283 g/mol. The smallest absolute Gasteiger partial charge is 0.264 e. The number of methoxy groups -OCH3 is 1. The Morgan fingerprint density at radius 2 is 2.26 bits per heavy atom. The van der Waals surface area contributed by atoms with Gasteiger partial charge in [0.05, 0.1) is 17.0 Å². The van der Waals surface area contributed by atoms with Crippen molar-refractivity contribution in [3.8, 4) is 0 Å². The van der Waals surface area contributed by atoms with Crippen LogP contribution in [0.2, 0.25) is 0 Å². The number of thiophene rings is 1. The van der Waals surface area contributed by atoms with E-state index in [9.17, 15) is 9.90 Å². The zero-order valence-electron chi connectivity index (χ0n) is 11.6. The molecule has 1 aliphatic carbocycles. The van der Waals surface area contributed by atoms with E-state index in [-0.39, 0.29) is 18.1 Å².